The van der Waals surface area contributed by atoms with Crippen molar-refractivity contribution < 1.29 is 4.79 Å². The fraction of sp³-hybridized carbons (Fsp3) is 0.500. The van der Waals surface area contributed by atoms with Gasteiger partial charge in [0.2, 0.25) is 0 Å². The molecule has 3 nitrogen and oxygen atoms in total. The maximum Gasteiger partial charge on any atom is 0.272 e. The number of unbranched alkanes of at least 4 members (excludes halogenated alkanes) is 2. The number of aromatic nitrogens is 1. The van der Waals surface area contributed by atoms with Gasteiger partial charge >= 0.3 is 0 Å². The lowest BCUT2D eigenvalue weighted by Gasteiger charge is -2.16. The van der Waals surface area contributed by atoms with Crippen molar-refractivity contribution in [1.29, 1.82) is 0 Å². The Labute approximate surface area is 101 Å². The number of carbonyl (C=O) groups excluding carboxylic acids is 1. The Balaban J connectivity index is 2.56. The molecule has 0 saturated heterocycles. The van der Waals surface area contributed by atoms with Gasteiger partial charge in [0, 0.05) is 24.8 Å². The third kappa shape index (κ3) is 3.81. The Morgan fingerprint density at radius 3 is 2.88 bits per heavy atom. The van der Waals surface area contributed by atoms with E-state index in [-0.39, 0.29) is 5.91 Å². The predicted octanol–water partition coefficient (Wildman–Crippen LogP) is 3.00. The van der Waals surface area contributed by atoms with E-state index < -0.39 is 0 Å². The van der Waals surface area contributed by atoms with Crippen LogP contribution in [0.4, 0.5) is 0 Å². The molecule has 4 heteroatoms. The zero-order valence-electron chi connectivity index (χ0n) is 9.74. The largest absolute Gasteiger partial charge is 0.340 e. The molecule has 1 heterocycles. The summed E-state index contributed by atoms with van der Waals surface area (Å²) in [7, 11) is 1.79. The van der Waals surface area contributed by atoms with Crippen LogP contribution in [0.1, 0.15) is 36.7 Å². The smallest absolute Gasteiger partial charge is 0.272 e. The molecule has 0 bridgehead atoms. The Hall–Kier alpha value is -1.09. The standard InChI is InChI=1S/C12H17ClN2O/c1-3-4-5-8-15(2)12(16)11-9-10(13)6-7-14-11/h6-7,9H,3-5,8H2,1-2H3. The summed E-state index contributed by atoms with van der Waals surface area (Å²) >= 11 is 5.81. The van der Waals surface area contributed by atoms with Crippen LogP contribution in [0.5, 0.6) is 0 Å². The highest BCUT2D eigenvalue weighted by Crippen LogP contribution is 2.10. The van der Waals surface area contributed by atoms with E-state index in [0.29, 0.717) is 10.7 Å². The van der Waals surface area contributed by atoms with Crippen molar-refractivity contribution >= 4 is 17.5 Å². The van der Waals surface area contributed by atoms with Gasteiger partial charge < -0.3 is 4.90 Å². The number of rotatable bonds is 5. The average molecular weight is 241 g/mol. The lowest BCUT2D eigenvalue weighted by molar-refractivity contribution is 0.0787. The van der Waals surface area contributed by atoms with Gasteiger partial charge in [-0.15, -0.1) is 0 Å². The van der Waals surface area contributed by atoms with Crippen LogP contribution in [0, 0.1) is 0 Å². The van der Waals surface area contributed by atoms with Crippen LogP contribution in [0.15, 0.2) is 18.3 Å². The van der Waals surface area contributed by atoms with E-state index in [1.165, 1.54) is 0 Å². The minimum absolute atomic E-state index is 0.0707. The molecule has 0 spiro atoms. The number of hydrogen-bond acceptors (Lipinski definition) is 2. The molecule has 0 aliphatic heterocycles. The predicted molar refractivity (Wildman–Crippen MR) is 65.7 cm³/mol. The summed E-state index contributed by atoms with van der Waals surface area (Å²) in [6.07, 6.45) is 4.87. The molecule has 0 N–H and O–H groups in total. The van der Waals surface area contributed by atoms with E-state index in [0.717, 1.165) is 25.8 Å². The first kappa shape index (κ1) is 13.0. The summed E-state index contributed by atoms with van der Waals surface area (Å²) in [4.78, 5) is 17.6. The van der Waals surface area contributed by atoms with Gasteiger partial charge in [0.15, 0.2) is 0 Å². The van der Waals surface area contributed by atoms with Crippen molar-refractivity contribution in [1.82, 2.24) is 9.88 Å². The normalized spacial score (nSPS) is 10.2. The molecule has 1 amide bonds. The quantitative estimate of drug-likeness (QED) is 0.742. The fourth-order valence-corrected chi connectivity index (χ4v) is 1.58. The zero-order valence-corrected chi connectivity index (χ0v) is 10.5. The van der Waals surface area contributed by atoms with Gasteiger partial charge in [-0.2, -0.15) is 0 Å². The van der Waals surface area contributed by atoms with E-state index >= 15 is 0 Å². The lowest BCUT2D eigenvalue weighted by atomic mass is 10.2. The van der Waals surface area contributed by atoms with Gasteiger partial charge in [0.05, 0.1) is 0 Å². The Bertz CT molecular complexity index is 355. The first-order chi connectivity index (χ1) is 7.65. The summed E-state index contributed by atoms with van der Waals surface area (Å²) in [5, 5.41) is 0.542. The first-order valence-electron chi connectivity index (χ1n) is 5.52. The molecule has 1 rings (SSSR count). The second-order valence-electron chi connectivity index (χ2n) is 3.79. The number of halogens is 1. The molecule has 0 aliphatic rings. The fourth-order valence-electron chi connectivity index (χ4n) is 1.42. The van der Waals surface area contributed by atoms with E-state index in [1.54, 1.807) is 30.3 Å². The third-order valence-corrected chi connectivity index (χ3v) is 2.62. The second kappa shape index (κ2) is 6.48. The van der Waals surface area contributed by atoms with E-state index in [1.807, 2.05) is 0 Å². The van der Waals surface area contributed by atoms with Crippen LogP contribution in [-0.4, -0.2) is 29.4 Å². The monoisotopic (exact) mass is 240 g/mol. The van der Waals surface area contributed by atoms with Gasteiger partial charge in [-0.3, -0.25) is 9.78 Å². The molecule has 0 aliphatic carbocycles. The highest BCUT2D eigenvalue weighted by Gasteiger charge is 2.12. The van der Waals surface area contributed by atoms with Gasteiger partial charge in [0.25, 0.3) is 5.91 Å². The summed E-state index contributed by atoms with van der Waals surface area (Å²) < 4.78 is 0. The van der Waals surface area contributed by atoms with E-state index in [2.05, 4.69) is 11.9 Å². The van der Waals surface area contributed by atoms with Crippen LogP contribution in [-0.2, 0) is 0 Å². The molecular formula is C12H17ClN2O. The first-order valence-corrected chi connectivity index (χ1v) is 5.90. The van der Waals surface area contributed by atoms with E-state index in [4.69, 9.17) is 11.6 Å². The summed E-state index contributed by atoms with van der Waals surface area (Å²) in [5.74, 6) is -0.0707. The molecule has 0 unspecified atom stereocenters. The number of pyridine rings is 1. The van der Waals surface area contributed by atoms with Crippen LogP contribution in [0.25, 0.3) is 0 Å². The van der Waals surface area contributed by atoms with Crippen molar-refractivity contribution in [3.63, 3.8) is 0 Å². The minimum atomic E-state index is -0.0707. The van der Waals surface area contributed by atoms with E-state index in [9.17, 15) is 4.79 Å². The highest BCUT2D eigenvalue weighted by atomic mass is 35.5. The van der Waals surface area contributed by atoms with Crippen molar-refractivity contribution in [3.05, 3.63) is 29.0 Å². The summed E-state index contributed by atoms with van der Waals surface area (Å²) in [6, 6.07) is 3.26. The van der Waals surface area contributed by atoms with Crippen LogP contribution < -0.4 is 0 Å². The lowest BCUT2D eigenvalue weighted by Crippen LogP contribution is -2.28. The topological polar surface area (TPSA) is 33.2 Å². The Morgan fingerprint density at radius 2 is 2.25 bits per heavy atom. The van der Waals surface area contributed by atoms with Crippen molar-refractivity contribution in [2.45, 2.75) is 26.2 Å². The molecule has 1 aromatic heterocycles. The van der Waals surface area contributed by atoms with Crippen LogP contribution in [0.3, 0.4) is 0 Å². The van der Waals surface area contributed by atoms with Crippen LogP contribution in [0.2, 0.25) is 5.02 Å². The number of amides is 1. The second-order valence-corrected chi connectivity index (χ2v) is 4.23. The molecule has 0 saturated carbocycles. The van der Waals surface area contributed by atoms with Gasteiger partial charge in [0.1, 0.15) is 5.69 Å². The Morgan fingerprint density at radius 1 is 1.50 bits per heavy atom. The third-order valence-electron chi connectivity index (χ3n) is 2.38. The Kier molecular flexibility index (Phi) is 5.26. The number of hydrogen-bond donors (Lipinski definition) is 0. The molecular weight excluding hydrogens is 224 g/mol. The van der Waals surface area contributed by atoms with Crippen molar-refractivity contribution in [2.75, 3.05) is 13.6 Å². The van der Waals surface area contributed by atoms with Crippen molar-refractivity contribution in [3.8, 4) is 0 Å². The molecule has 0 atom stereocenters. The van der Waals surface area contributed by atoms with Gasteiger partial charge in [-0.25, -0.2) is 0 Å². The minimum Gasteiger partial charge on any atom is -0.340 e. The van der Waals surface area contributed by atoms with Gasteiger partial charge in [-0.05, 0) is 18.6 Å². The summed E-state index contributed by atoms with van der Waals surface area (Å²) in [5.41, 5.74) is 0.409. The molecule has 0 radical (unpaired) electrons. The molecule has 16 heavy (non-hydrogen) atoms. The highest BCUT2D eigenvalue weighted by molar-refractivity contribution is 6.30. The van der Waals surface area contributed by atoms with Crippen molar-refractivity contribution in [2.24, 2.45) is 0 Å². The number of carbonyl (C=O) groups is 1. The van der Waals surface area contributed by atoms with Gasteiger partial charge in [-0.1, -0.05) is 31.4 Å². The number of nitrogens with zero attached hydrogens (tertiary/aromatic N) is 2. The SMILES string of the molecule is CCCCCN(C)C(=O)c1cc(Cl)ccn1. The maximum atomic E-state index is 11.9. The molecule has 0 aromatic carbocycles. The molecule has 1 aromatic rings. The molecule has 0 fully saturated rings. The zero-order chi connectivity index (χ0) is 12.0. The molecule has 88 valence electrons. The summed E-state index contributed by atoms with van der Waals surface area (Å²) in [6.45, 7) is 2.90. The maximum absolute atomic E-state index is 11.9. The average Bonchev–Trinajstić information content (AvgIpc) is 2.28. The van der Waals surface area contributed by atoms with Crippen LogP contribution >= 0.6 is 11.6 Å².